The van der Waals surface area contributed by atoms with Crippen molar-refractivity contribution in [3.8, 4) is 34.4 Å². The maximum atomic E-state index is 5.05. The maximum absolute atomic E-state index is 5.05. The zero-order chi connectivity index (χ0) is 33.5. The lowest BCUT2D eigenvalue weighted by molar-refractivity contribution is 0.951. The lowest BCUT2D eigenvalue weighted by Gasteiger charge is -2.12. The Labute approximate surface area is 294 Å². The average Bonchev–Trinajstić information content (AvgIpc) is 3.86. The summed E-state index contributed by atoms with van der Waals surface area (Å²) in [6, 6.07) is 40.1. The highest BCUT2D eigenvalue weighted by Crippen LogP contribution is 2.43. The lowest BCUT2D eigenvalue weighted by atomic mass is 10.1. The van der Waals surface area contributed by atoms with Gasteiger partial charge in [0.2, 0.25) is 5.95 Å². The Morgan fingerprint density at radius 2 is 1.20 bits per heavy atom. The van der Waals surface area contributed by atoms with Gasteiger partial charge in [-0.05, 0) is 78.9 Å². The minimum absolute atomic E-state index is 0.522. The number of rotatable bonds is 4. The van der Waals surface area contributed by atoms with Crippen molar-refractivity contribution in [2.24, 2.45) is 0 Å². The van der Waals surface area contributed by atoms with Crippen molar-refractivity contribution in [3.63, 3.8) is 0 Å². The summed E-state index contributed by atoms with van der Waals surface area (Å²) in [5.74, 6) is 1.60. The molecule has 0 saturated carbocycles. The lowest BCUT2D eigenvalue weighted by Crippen LogP contribution is -2.06. The van der Waals surface area contributed by atoms with Crippen LogP contribution in [-0.2, 0) is 0 Å². The van der Waals surface area contributed by atoms with Crippen molar-refractivity contribution in [1.29, 1.82) is 0 Å². The molecule has 11 aromatic rings. The van der Waals surface area contributed by atoms with Crippen molar-refractivity contribution in [2.75, 3.05) is 0 Å². The molecule has 0 radical (unpaired) electrons. The Balaban J connectivity index is 1.21. The van der Waals surface area contributed by atoms with Crippen LogP contribution in [0.25, 0.3) is 98.3 Å². The van der Waals surface area contributed by atoms with Crippen LogP contribution in [0.2, 0.25) is 0 Å². The third-order valence-electron chi connectivity index (χ3n) is 9.60. The summed E-state index contributed by atoms with van der Waals surface area (Å²) >= 11 is 1.83. The fourth-order valence-electron chi connectivity index (χ4n) is 7.42. The van der Waals surface area contributed by atoms with Crippen molar-refractivity contribution in [1.82, 2.24) is 39.0 Å². The summed E-state index contributed by atoms with van der Waals surface area (Å²) < 4.78 is 7.05. The number of pyridine rings is 3. The largest absolute Gasteiger partial charge is 0.307 e. The van der Waals surface area contributed by atoms with Gasteiger partial charge in [-0.1, -0.05) is 36.4 Å². The first-order chi connectivity index (χ1) is 25.3. The number of hydrogen-bond acceptors (Lipinski definition) is 7. The zero-order valence-electron chi connectivity index (χ0n) is 26.8. The predicted molar refractivity (Wildman–Crippen MR) is 206 cm³/mol. The van der Waals surface area contributed by atoms with Crippen molar-refractivity contribution >= 4 is 75.3 Å². The van der Waals surface area contributed by atoms with E-state index in [2.05, 4.69) is 104 Å². The molecule has 238 valence electrons. The van der Waals surface area contributed by atoms with Crippen molar-refractivity contribution in [3.05, 3.63) is 146 Å². The van der Waals surface area contributed by atoms with Crippen LogP contribution in [0.3, 0.4) is 0 Å². The maximum Gasteiger partial charge on any atom is 0.238 e. The normalized spacial score (nSPS) is 11.9. The molecule has 0 bridgehead atoms. The van der Waals surface area contributed by atoms with E-state index in [1.54, 1.807) is 24.8 Å². The number of benzene rings is 4. The van der Waals surface area contributed by atoms with Crippen LogP contribution in [-0.4, -0.2) is 39.0 Å². The molecule has 0 aliphatic rings. The zero-order valence-corrected chi connectivity index (χ0v) is 27.7. The van der Waals surface area contributed by atoms with Gasteiger partial charge in [0, 0.05) is 84.1 Å². The van der Waals surface area contributed by atoms with Gasteiger partial charge >= 0.3 is 0 Å². The number of para-hydroxylation sites is 1. The highest BCUT2D eigenvalue weighted by atomic mass is 32.1. The minimum atomic E-state index is 0.522. The van der Waals surface area contributed by atoms with Gasteiger partial charge in [0.05, 0.1) is 27.6 Å². The van der Waals surface area contributed by atoms with E-state index in [4.69, 9.17) is 19.9 Å². The summed E-state index contributed by atoms with van der Waals surface area (Å²) in [6.45, 7) is 0. The van der Waals surface area contributed by atoms with E-state index in [1.807, 2.05) is 47.9 Å². The number of hydrogen-bond donors (Lipinski definition) is 0. The van der Waals surface area contributed by atoms with Crippen LogP contribution in [0.5, 0.6) is 0 Å². The Kier molecular flexibility index (Phi) is 5.96. The van der Waals surface area contributed by atoms with Gasteiger partial charge in [-0.15, -0.1) is 11.3 Å². The smallest absolute Gasteiger partial charge is 0.238 e. The SMILES string of the molecule is c1cncc(-c2nc(-c3cccnc3)nc(-n3c4ccccc4c4cc(-n5c6cccnc6c6ccc7sc8ccccc8c7c65)ccc43)n2)c1. The first-order valence-electron chi connectivity index (χ1n) is 16.6. The molecule has 0 saturated heterocycles. The second-order valence-corrected chi connectivity index (χ2v) is 13.5. The van der Waals surface area contributed by atoms with E-state index in [-0.39, 0.29) is 0 Å². The predicted octanol–water partition coefficient (Wildman–Crippen LogP) is 9.95. The Hall–Kier alpha value is -6.84. The molecule has 51 heavy (non-hydrogen) atoms. The second-order valence-electron chi connectivity index (χ2n) is 12.5. The molecular formula is C42H24N8S. The van der Waals surface area contributed by atoms with E-state index in [9.17, 15) is 0 Å². The highest BCUT2D eigenvalue weighted by molar-refractivity contribution is 7.26. The van der Waals surface area contributed by atoms with Gasteiger partial charge in [-0.2, -0.15) is 9.97 Å². The number of thiophene rings is 1. The molecule has 0 amide bonds. The number of nitrogens with zero attached hydrogens (tertiary/aromatic N) is 8. The second kappa shape index (κ2) is 10.8. The Morgan fingerprint density at radius 3 is 1.98 bits per heavy atom. The van der Waals surface area contributed by atoms with E-state index < -0.39 is 0 Å². The van der Waals surface area contributed by atoms with Gasteiger partial charge in [0.1, 0.15) is 0 Å². The Bertz CT molecular complexity index is 3090. The molecule has 0 N–H and O–H groups in total. The minimum Gasteiger partial charge on any atom is -0.307 e. The fourth-order valence-corrected chi connectivity index (χ4v) is 8.53. The quantitative estimate of drug-likeness (QED) is 0.185. The summed E-state index contributed by atoms with van der Waals surface area (Å²) in [7, 11) is 0. The van der Waals surface area contributed by atoms with Gasteiger partial charge in [0.25, 0.3) is 0 Å². The molecule has 7 heterocycles. The highest BCUT2D eigenvalue weighted by Gasteiger charge is 2.22. The molecule has 0 aliphatic carbocycles. The van der Waals surface area contributed by atoms with Crippen LogP contribution >= 0.6 is 11.3 Å². The van der Waals surface area contributed by atoms with Crippen LogP contribution in [0.15, 0.2) is 146 Å². The first-order valence-corrected chi connectivity index (χ1v) is 17.4. The molecule has 0 fully saturated rings. The summed E-state index contributed by atoms with van der Waals surface area (Å²) in [4.78, 5) is 28.5. The van der Waals surface area contributed by atoms with Gasteiger partial charge in [0.15, 0.2) is 11.6 Å². The molecule has 8 nitrogen and oxygen atoms in total. The summed E-state index contributed by atoms with van der Waals surface area (Å²) in [5, 5.41) is 5.85. The number of aromatic nitrogens is 8. The molecule has 0 spiro atoms. The number of fused-ring (bicyclic) bond motifs is 10. The van der Waals surface area contributed by atoms with Crippen molar-refractivity contribution < 1.29 is 0 Å². The average molecular weight is 673 g/mol. The summed E-state index contributed by atoms with van der Waals surface area (Å²) in [5.41, 5.74) is 7.89. The van der Waals surface area contributed by atoms with E-state index in [0.29, 0.717) is 17.6 Å². The molecule has 0 unspecified atom stereocenters. The van der Waals surface area contributed by atoms with Crippen LogP contribution in [0, 0.1) is 0 Å². The topological polar surface area (TPSA) is 87.2 Å². The standard InChI is InChI=1S/C42H24N8S/c1-3-12-32-28(10-1)31-22-27(49-34-13-7-21-45-38(34)30-16-18-36-37(39(30)49)29-11-2-4-14-35(29)51-36)15-17-33(31)50(32)42-47-40(25-8-5-19-43-23-25)46-41(48-42)26-9-6-20-44-24-26/h1-24H. The molecule has 7 aromatic heterocycles. The fraction of sp³-hybridized carbons (Fsp3) is 0. The monoisotopic (exact) mass is 672 g/mol. The van der Waals surface area contributed by atoms with Crippen molar-refractivity contribution in [2.45, 2.75) is 0 Å². The van der Waals surface area contributed by atoms with E-state index in [1.165, 1.54) is 25.7 Å². The molecule has 9 heteroatoms. The Morgan fingerprint density at radius 1 is 0.490 bits per heavy atom. The van der Waals surface area contributed by atoms with Crippen LogP contribution < -0.4 is 0 Å². The summed E-state index contributed by atoms with van der Waals surface area (Å²) in [6.07, 6.45) is 8.93. The van der Waals surface area contributed by atoms with Crippen LogP contribution in [0.1, 0.15) is 0 Å². The van der Waals surface area contributed by atoms with Gasteiger partial charge < -0.3 is 4.57 Å². The van der Waals surface area contributed by atoms with E-state index >= 15 is 0 Å². The third kappa shape index (κ3) is 4.19. The van der Waals surface area contributed by atoms with Gasteiger partial charge in [-0.3, -0.25) is 19.5 Å². The molecule has 0 atom stereocenters. The third-order valence-corrected chi connectivity index (χ3v) is 10.7. The molecule has 0 aliphatic heterocycles. The first kappa shape index (κ1) is 28.0. The van der Waals surface area contributed by atoms with Crippen LogP contribution in [0.4, 0.5) is 0 Å². The van der Waals surface area contributed by atoms with E-state index in [0.717, 1.165) is 55.0 Å². The molecule has 11 rings (SSSR count). The van der Waals surface area contributed by atoms with Gasteiger partial charge in [-0.25, -0.2) is 4.98 Å². The molecule has 4 aromatic carbocycles. The molecular weight excluding hydrogens is 649 g/mol.